The summed E-state index contributed by atoms with van der Waals surface area (Å²) < 4.78 is 0. The molecule has 0 spiro atoms. The zero-order chi connectivity index (χ0) is 72.0. The Morgan fingerprint density at radius 2 is 0.657 bits per heavy atom. The predicted molar refractivity (Wildman–Crippen MR) is 469 cm³/mol. The van der Waals surface area contributed by atoms with Crippen LogP contribution in [-0.4, -0.2) is 33.7 Å². The molecule has 3 heteroatoms. The Morgan fingerprint density at radius 1 is 0.324 bits per heavy atom. The fraction of sp³-hybridized carbons (Fsp3) is 0.333. The van der Waals surface area contributed by atoms with E-state index in [1.54, 1.807) is 6.08 Å². The van der Waals surface area contributed by atoms with Gasteiger partial charge < -0.3 is 2.85 Å². The SMILES string of the molecule is BrCCCc1ccc(-c2ccccc2)cc1.C1=CC2C3C=CC(C3)C2C1.C1=CC2C3C=CC(C3)C2C1.C1=CC2CC1CC2CCCCc1ccc(-c2ccccc2)cc1.C1=CCC=C1.C=CCBr.C=CCCCCc1ccc(-c2ccccc2)cc1.C=CCCCCc1ccc(-c2ccccc2)cc1.[H-].[H-].[Mg+2]. The minimum absolute atomic E-state index is 0. The molecule has 0 N–H and O–H groups in total. The molecule has 11 unspecified atom stereocenters. The van der Waals surface area contributed by atoms with Crippen LogP contribution < -0.4 is 0 Å². The van der Waals surface area contributed by atoms with Crippen molar-refractivity contribution in [1.82, 2.24) is 0 Å². The zero-order valence-electron chi connectivity index (χ0n) is 64.8. The van der Waals surface area contributed by atoms with Gasteiger partial charge in [-0.1, -0.05) is 360 Å². The van der Waals surface area contributed by atoms with E-state index in [4.69, 9.17) is 0 Å². The molecule has 0 radical (unpaired) electrons. The van der Waals surface area contributed by atoms with Crippen molar-refractivity contribution in [3.63, 3.8) is 0 Å². The second kappa shape index (κ2) is 46.9. The van der Waals surface area contributed by atoms with Gasteiger partial charge in [0.25, 0.3) is 0 Å². The third kappa shape index (κ3) is 26.7. The zero-order valence-corrected chi connectivity index (χ0v) is 67.4. The van der Waals surface area contributed by atoms with E-state index in [0.29, 0.717) is 0 Å². The first-order valence-corrected chi connectivity index (χ1v) is 41.9. The average molecular weight is 1530 g/mol. The number of halogens is 2. The van der Waals surface area contributed by atoms with Crippen molar-refractivity contribution in [2.75, 3.05) is 10.7 Å². The molecule has 3 saturated carbocycles. The molecule has 3 fully saturated rings. The number of unbranched alkanes of at least 4 members (excludes halogenated alkanes) is 5. The van der Waals surface area contributed by atoms with Crippen molar-refractivity contribution in [3.05, 3.63) is 364 Å². The van der Waals surface area contributed by atoms with Gasteiger partial charge in [0.1, 0.15) is 0 Å². The third-order valence-electron chi connectivity index (χ3n) is 22.5. The second-order valence-electron chi connectivity index (χ2n) is 29.6. The van der Waals surface area contributed by atoms with Crippen molar-refractivity contribution < 1.29 is 2.85 Å². The Kier molecular flexibility index (Phi) is 36.6. The number of allylic oxidation sites excluding steroid dienone is 17. The van der Waals surface area contributed by atoms with Crippen LogP contribution in [0.2, 0.25) is 0 Å². The molecule has 17 rings (SSSR count). The van der Waals surface area contributed by atoms with Gasteiger partial charge in [-0.15, -0.1) is 19.7 Å². The van der Waals surface area contributed by atoms with E-state index in [2.05, 4.69) is 349 Å². The molecule has 8 aromatic carbocycles. The van der Waals surface area contributed by atoms with Gasteiger partial charge in [-0.2, -0.15) is 0 Å². The van der Waals surface area contributed by atoms with Crippen molar-refractivity contribution in [2.45, 2.75) is 135 Å². The molecule has 0 heterocycles. The maximum atomic E-state index is 3.75. The second-order valence-corrected chi connectivity index (χ2v) is 31.1. The molecule has 0 saturated heterocycles. The van der Waals surface area contributed by atoms with Crippen LogP contribution in [0.15, 0.2) is 341 Å². The molecule has 6 bridgehead atoms. The van der Waals surface area contributed by atoms with Crippen LogP contribution in [0.4, 0.5) is 0 Å². The fourth-order valence-electron chi connectivity index (χ4n) is 16.8. The van der Waals surface area contributed by atoms with E-state index in [1.807, 2.05) is 18.2 Å². The van der Waals surface area contributed by atoms with Crippen molar-refractivity contribution in [1.29, 1.82) is 0 Å². The van der Waals surface area contributed by atoms with Crippen molar-refractivity contribution in [3.8, 4) is 44.5 Å². The summed E-state index contributed by atoms with van der Waals surface area (Å²) in [6.07, 6.45) is 65.5. The standard InChI is InChI=1S/C23H26.2C18H20.C15H15Br.2C10H12.C5H6.C3H5Br.Mg.2H/c1-2-7-20(8-3-1)21-13-10-18(11-14-21)6-4-5-9-22-16-19-12-15-23(22)17-19;2*1-2-3-4-6-9-16-12-14-18(15-13-16)17-10-7-5-8-11-17;16-12-4-5-13-8-10-15(11-9-13)14-6-2-1-3-7-14;2*1-2-9-7-4-5-8(6-7)10(9)3-1;1-2-4-5-3-1;1-2-3-4;;;/h1-3,7-8,10-15,19,22-23H,4-6,9,16-17H2;2*2,5,7-8,10-15H,1,3-4,6,9H2;1-3,6-11H,4-5,12H2;2*1-2,4-5,7-10H,3,6H2;1-4H,5H2;2H,1,3H2;;;/q;;;;;;;;+2;2*-1. The molecule has 105 heavy (non-hydrogen) atoms. The molecule has 8 aromatic rings. The van der Waals surface area contributed by atoms with E-state index in [0.717, 1.165) is 101 Å². The van der Waals surface area contributed by atoms with Gasteiger partial charge in [0.15, 0.2) is 0 Å². The van der Waals surface area contributed by atoms with Crippen LogP contribution in [0.1, 0.15) is 134 Å². The van der Waals surface area contributed by atoms with Crippen LogP contribution in [0.3, 0.4) is 0 Å². The molecule has 0 aliphatic heterocycles. The Hall–Kier alpha value is -7.11. The van der Waals surface area contributed by atoms with Crippen molar-refractivity contribution >= 4 is 54.9 Å². The summed E-state index contributed by atoms with van der Waals surface area (Å²) in [6, 6.07) is 78.1. The molecule has 9 aliphatic carbocycles. The summed E-state index contributed by atoms with van der Waals surface area (Å²) in [5, 5.41) is 1.97. The number of rotatable bonds is 23. The van der Waals surface area contributed by atoms with Crippen LogP contribution in [0, 0.1) is 65.1 Å². The third-order valence-corrected chi connectivity index (χ3v) is 23.5. The maximum absolute atomic E-state index is 3.75. The topological polar surface area (TPSA) is 0 Å². The van der Waals surface area contributed by atoms with Gasteiger partial charge in [-0.25, -0.2) is 0 Å². The van der Waals surface area contributed by atoms with Gasteiger partial charge >= 0.3 is 23.1 Å². The number of hydrogen-bond acceptors (Lipinski definition) is 0. The van der Waals surface area contributed by atoms with Gasteiger partial charge in [-0.3, -0.25) is 0 Å². The Bertz CT molecular complexity index is 3810. The minimum Gasteiger partial charge on any atom is -1.00 e. The monoisotopic (exact) mass is 1520 g/mol. The summed E-state index contributed by atoms with van der Waals surface area (Å²) in [7, 11) is 0. The summed E-state index contributed by atoms with van der Waals surface area (Å²) >= 11 is 6.59. The Balaban J connectivity index is 0.000000176. The number of hydrogen-bond donors (Lipinski definition) is 0. The molecule has 11 atom stereocenters. The van der Waals surface area contributed by atoms with E-state index in [9.17, 15) is 0 Å². The summed E-state index contributed by atoms with van der Waals surface area (Å²) in [5.74, 6) is 10.5. The van der Waals surface area contributed by atoms with Crippen LogP contribution in [0.5, 0.6) is 0 Å². The van der Waals surface area contributed by atoms with Crippen LogP contribution in [0.25, 0.3) is 44.5 Å². The first kappa shape index (κ1) is 82.0. The quantitative estimate of drug-likeness (QED) is 0.0259. The Labute approximate surface area is 671 Å². The summed E-state index contributed by atoms with van der Waals surface area (Å²) in [4.78, 5) is 0. The van der Waals surface area contributed by atoms with E-state index in [1.165, 1.54) is 176 Å². The molecule has 0 nitrogen and oxygen atoms in total. The van der Waals surface area contributed by atoms with E-state index >= 15 is 0 Å². The molecule has 542 valence electrons. The largest absolute Gasteiger partial charge is 2.00 e. The van der Waals surface area contributed by atoms with Crippen molar-refractivity contribution in [2.24, 2.45) is 65.1 Å². The molecule has 9 aliphatic rings. The van der Waals surface area contributed by atoms with Crippen LogP contribution >= 0.6 is 31.9 Å². The molecule has 0 amide bonds. The molecular formula is C102H118Br2Mg. The normalized spacial score (nSPS) is 22.0. The van der Waals surface area contributed by atoms with Gasteiger partial charge in [0.05, 0.1) is 0 Å². The fourth-order valence-corrected chi connectivity index (χ4v) is 17.1. The Morgan fingerprint density at radius 3 is 0.952 bits per heavy atom. The summed E-state index contributed by atoms with van der Waals surface area (Å²) in [6.45, 7) is 10.9. The number of fused-ring (bicyclic) bond motifs is 12. The average Bonchev–Trinajstić information content (AvgIpc) is 1.58. The van der Waals surface area contributed by atoms with Crippen LogP contribution in [-0.2, 0) is 25.7 Å². The van der Waals surface area contributed by atoms with Gasteiger partial charge in [-0.05, 0) is 260 Å². The number of alkyl halides is 2. The first-order valence-electron chi connectivity index (χ1n) is 39.6. The number of aryl methyl sites for hydroxylation is 4. The summed E-state index contributed by atoms with van der Waals surface area (Å²) in [5.41, 5.74) is 16.1. The van der Waals surface area contributed by atoms with E-state index in [-0.39, 0.29) is 25.9 Å². The number of benzene rings is 8. The minimum atomic E-state index is 0. The van der Waals surface area contributed by atoms with E-state index < -0.39 is 0 Å². The maximum Gasteiger partial charge on any atom is 2.00 e. The predicted octanol–water partition coefficient (Wildman–Crippen LogP) is 29.1. The molecule has 0 aromatic heterocycles. The first-order chi connectivity index (χ1) is 51.4. The van der Waals surface area contributed by atoms with Gasteiger partial charge in [0.2, 0.25) is 0 Å². The van der Waals surface area contributed by atoms with Gasteiger partial charge in [0, 0.05) is 10.7 Å². The molecular weight excluding hydrogens is 1410 g/mol. The smallest absolute Gasteiger partial charge is 1.00 e.